The summed E-state index contributed by atoms with van der Waals surface area (Å²) in [7, 11) is 0. The summed E-state index contributed by atoms with van der Waals surface area (Å²) < 4.78 is 0. The first-order valence-corrected chi connectivity index (χ1v) is 6.45. The molecule has 0 aliphatic rings. The lowest BCUT2D eigenvalue weighted by Gasteiger charge is -2.18. The smallest absolute Gasteiger partial charge is 0.252 e. The SMILES string of the molecule is CCN(CC)CCNC(=O)c1cc(O)ccc1Cl. The Balaban J connectivity index is 2.53. The lowest BCUT2D eigenvalue weighted by Crippen LogP contribution is -2.34. The average molecular weight is 271 g/mol. The zero-order chi connectivity index (χ0) is 13.5. The number of likely N-dealkylation sites (N-methyl/N-ethyl adjacent to an activating group) is 1. The number of phenolic OH excluding ortho intramolecular Hbond substituents is 1. The molecule has 0 fully saturated rings. The van der Waals surface area contributed by atoms with E-state index < -0.39 is 0 Å². The van der Waals surface area contributed by atoms with Gasteiger partial charge in [0.05, 0.1) is 10.6 Å². The third-order valence-electron chi connectivity index (χ3n) is 2.80. The molecule has 0 spiro atoms. The number of aromatic hydroxyl groups is 1. The standard InChI is InChI=1S/C13H19ClN2O2/c1-3-16(4-2)8-7-15-13(18)11-9-10(17)5-6-12(11)14/h5-6,9,17H,3-4,7-8H2,1-2H3,(H,15,18). The first-order chi connectivity index (χ1) is 8.58. The molecule has 5 heteroatoms. The summed E-state index contributed by atoms with van der Waals surface area (Å²) in [5, 5.41) is 12.5. The Morgan fingerprint density at radius 1 is 1.39 bits per heavy atom. The minimum atomic E-state index is -0.261. The second-order valence-electron chi connectivity index (χ2n) is 3.95. The van der Waals surface area contributed by atoms with E-state index in [9.17, 15) is 9.90 Å². The van der Waals surface area contributed by atoms with Crippen molar-refractivity contribution in [3.05, 3.63) is 28.8 Å². The van der Waals surface area contributed by atoms with Gasteiger partial charge in [-0.05, 0) is 31.3 Å². The van der Waals surface area contributed by atoms with Gasteiger partial charge in [0.15, 0.2) is 0 Å². The fraction of sp³-hybridized carbons (Fsp3) is 0.462. The molecule has 18 heavy (non-hydrogen) atoms. The van der Waals surface area contributed by atoms with Crippen molar-refractivity contribution in [2.75, 3.05) is 26.2 Å². The van der Waals surface area contributed by atoms with Crippen molar-refractivity contribution >= 4 is 17.5 Å². The van der Waals surface area contributed by atoms with Crippen LogP contribution >= 0.6 is 11.6 Å². The highest BCUT2D eigenvalue weighted by molar-refractivity contribution is 6.33. The number of amides is 1. The highest BCUT2D eigenvalue weighted by Crippen LogP contribution is 2.20. The van der Waals surface area contributed by atoms with Gasteiger partial charge in [0, 0.05) is 13.1 Å². The molecule has 0 atom stereocenters. The fourth-order valence-electron chi connectivity index (χ4n) is 1.65. The van der Waals surface area contributed by atoms with E-state index >= 15 is 0 Å². The number of phenols is 1. The molecule has 0 saturated heterocycles. The molecule has 0 bridgehead atoms. The van der Waals surface area contributed by atoms with E-state index in [0.29, 0.717) is 17.1 Å². The van der Waals surface area contributed by atoms with Gasteiger partial charge < -0.3 is 15.3 Å². The summed E-state index contributed by atoms with van der Waals surface area (Å²) >= 11 is 5.90. The van der Waals surface area contributed by atoms with Crippen LogP contribution in [0.1, 0.15) is 24.2 Å². The van der Waals surface area contributed by atoms with Gasteiger partial charge in [-0.15, -0.1) is 0 Å². The Morgan fingerprint density at radius 2 is 2.06 bits per heavy atom. The van der Waals surface area contributed by atoms with E-state index in [-0.39, 0.29) is 11.7 Å². The van der Waals surface area contributed by atoms with E-state index in [1.807, 2.05) is 0 Å². The number of halogens is 1. The Hall–Kier alpha value is -1.26. The molecule has 0 saturated carbocycles. The molecule has 1 amide bonds. The zero-order valence-corrected chi connectivity index (χ0v) is 11.5. The molecule has 0 heterocycles. The molecule has 1 rings (SSSR count). The van der Waals surface area contributed by atoms with E-state index in [1.165, 1.54) is 18.2 Å². The van der Waals surface area contributed by atoms with Crippen LogP contribution in [0.4, 0.5) is 0 Å². The number of carbonyl (C=O) groups excluding carboxylic acids is 1. The number of carbonyl (C=O) groups is 1. The zero-order valence-electron chi connectivity index (χ0n) is 10.7. The molecule has 2 N–H and O–H groups in total. The van der Waals surface area contributed by atoms with Crippen molar-refractivity contribution in [1.29, 1.82) is 0 Å². The Kier molecular flexibility index (Phi) is 5.95. The largest absolute Gasteiger partial charge is 0.508 e. The Bertz CT molecular complexity index is 406. The van der Waals surface area contributed by atoms with Crippen LogP contribution < -0.4 is 5.32 Å². The van der Waals surface area contributed by atoms with Crippen LogP contribution in [0.3, 0.4) is 0 Å². The summed E-state index contributed by atoms with van der Waals surface area (Å²) in [6.45, 7) is 7.44. The molecular weight excluding hydrogens is 252 g/mol. The highest BCUT2D eigenvalue weighted by atomic mass is 35.5. The molecule has 0 aliphatic heterocycles. The topological polar surface area (TPSA) is 52.6 Å². The summed E-state index contributed by atoms with van der Waals surface area (Å²) in [5.41, 5.74) is 0.302. The average Bonchev–Trinajstić information content (AvgIpc) is 2.37. The maximum atomic E-state index is 11.9. The molecule has 1 aromatic rings. The Labute approximate surface area is 113 Å². The van der Waals surface area contributed by atoms with E-state index in [0.717, 1.165) is 19.6 Å². The third kappa shape index (κ3) is 4.20. The monoisotopic (exact) mass is 270 g/mol. The first-order valence-electron chi connectivity index (χ1n) is 6.07. The van der Waals surface area contributed by atoms with Crippen molar-refractivity contribution in [3.8, 4) is 5.75 Å². The van der Waals surface area contributed by atoms with Gasteiger partial charge >= 0.3 is 0 Å². The fourth-order valence-corrected chi connectivity index (χ4v) is 1.85. The molecule has 0 aromatic heterocycles. The molecule has 4 nitrogen and oxygen atoms in total. The van der Waals surface area contributed by atoms with Crippen LogP contribution in [0, 0.1) is 0 Å². The van der Waals surface area contributed by atoms with Gasteiger partial charge in [-0.1, -0.05) is 25.4 Å². The van der Waals surface area contributed by atoms with E-state index in [2.05, 4.69) is 24.1 Å². The molecule has 100 valence electrons. The third-order valence-corrected chi connectivity index (χ3v) is 3.13. The maximum absolute atomic E-state index is 11.9. The summed E-state index contributed by atoms with van der Waals surface area (Å²) in [6.07, 6.45) is 0. The predicted molar refractivity (Wildman–Crippen MR) is 73.2 cm³/mol. The molecule has 0 radical (unpaired) electrons. The van der Waals surface area contributed by atoms with Crippen LogP contribution in [0.5, 0.6) is 5.75 Å². The minimum absolute atomic E-state index is 0.0355. The van der Waals surface area contributed by atoms with Gasteiger partial charge in [0.25, 0.3) is 5.91 Å². The highest BCUT2D eigenvalue weighted by Gasteiger charge is 2.11. The molecule has 0 unspecified atom stereocenters. The number of nitrogens with zero attached hydrogens (tertiary/aromatic N) is 1. The van der Waals surface area contributed by atoms with Gasteiger partial charge in [-0.3, -0.25) is 4.79 Å². The minimum Gasteiger partial charge on any atom is -0.508 e. The second kappa shape index (κ2) is 7.24. The predicted octanol–water partition coefficient (Wildman–Crippen LogP) is 2.12. The van der Waals surface area contributed by atoms with Crippen molar-refractivity contribution in [3.63, 3.8) is 0 Å². The van der Waals surface area contributed by atoms with E-state index in [1.54, 1.807) is 0 Å². The molecule has 0 aliphatic carbocycles. The van der Waals surface area contributed by atoms with Gasteiger partial charge in [-0.25, -0.2) is 0 Å². The van der Waals surface area contributed by atoms with Gasteiger partial charge in [0.2, 0.25) is 0 Å². The lowest BCUT2D eigenvalue weighted by atomic mass is 10.2. The van der Waals surface area contributed by atoms with Crippen LogP contribution in [0.25, 0.3) is 0 Å². The number of hydrogen-bond donors (Lipinski definition) is 2. The molecule has 1 aromatic carbocycles. The summed E-state index contributed by atoms with van der Waals surface area (Å²) in [5.74, 6) is -0.226. The van der Waals surface area contributed by atoms with Gasteiger partial charge in [-0.2, -0.15) is 0 Å². The normalized spacial score (nSPS) is 10.7. The van der Waals surface area contributed by atoms with Crippen LogP contribution in [0.2, 0.25) is 5.02 Å². The van der Waals surface area contributed by atoms with Crippen molar-refractivity contribution in [2.45, 2.75) is 13.8 Å². The quantitative estimate of drug-likeness (QED) is 0.833. The second-order valence-corrected chi connectivity index (χ2v) is 4.35. The molecular formula is C13H19ClN2O2. The number of benzene rings is 1. The van der Waals surface area contributed by atoms with Crippen molar-refractivity contribution < 1.29 is 9.90 Å². The first kappa shape index (κ1) is 14.8. The summed E-state index contributed by atoms with van der Waals surface area (Å²) in [6, 6.07) is 4.33. The van der Waals surface area contributed by atoms with Gasteiger partial charge in [0.1, 0.15) is 5.75 Å². The van der Waals surface area contributed by atoms with Crippen LogP contribution in [-0.4, -0.2) is 42.1 Å². The number of nitrogens with one attached hydrogen (secondary N) is 1. The van der Waals surface area contributed by atoms with Crippen molar-refractivity contribution in [1.82, 2.24) is 10.2 Å². The number of hydrogen-bond acceptors (Lipinski definition) is 3. The number of rotatable bonds is 6. The Morgan fingerprint density at radius 3 is 2.67 bits per heavy atom. The van der Waals surface area contributed by atoms with E-state index in [4.69, 9.17) is 11.6 Å². The van der Waals surface area contributed by atoms with Crippen LogP contribution in [0.15, 0.2) is 18.2 Å². The lowest BCUT2D eigenvalue weighted by molar-refractivity contribution is 0.0948. The van der Waals surface area contributed by atoms with Crippen LogP contribution in [-0.2, 0) is 0 Å². The maximum Gasteiger partial charge on any atom is 0.252 e. The summed E-state index contributed by atoms with van der Waals surface area (Å²) in [4.78, 5) is 14.1. The van der Waals surface area contributed by atoms with Crippen molar-refractivity contribution in [2.24, 2.45) is 0 Å².